The highest BCUT2D eigenvalue weighted by atomic mass is 35.5. The van der Waals surface area contributed by atoms with E-state index in [2.05, 4.69) is 10.3 Å². The maximum absolute atomic E-state index is 12.1. The van der Waals surface area contributed by atoms with Crippen LogP contribution in [0.25, 0.3) is 0 Å². The number of carbonyl (C=O) groups is 2. The highest BCUT2D eigenvalue weighted by Crippen LogP contribution is 2.24. The van der Waals surface area contributed by atoms with Crippen LogP contribution in [0.2, 0.25) is 15.1 Å². The van der Waals surface area contributed by atoms with Gasteiger partial charge in [0.25, 0.3) is 5.91 Å². The van der Waals surface area contributed by atoms with Crippen molar-refractivity contribution in [2.75, 3.05) is 5.32 Å². The van der Waals surface area contributed by atoms with E-state index in [-0.39, 0.29) is 27.2 Å². The van der Waals surface area contributed by atoms with Crippen LogP contribution in [-0.2, 0) is 9.53 Å². The molecule has 0 aliphatic heterocycles. The van der Waals surface area contributed by atoms with Crippen molar-refractivity contribution in [3.05, 3.63) is 51.1 Å². The van der Waals surface area contributed by atoms with Crippen molar-refractivity contribution >= 4 is 52.5 Å². The Hall–Kier alpha value is -2.02. The Morgan fingerprint density at radius 1 is 1.21 bits per heavy atom. The molecule has 1 atom stereocenters. The molecule has 1 aromatic carbocycles. The largest absolute Gasteiger partial charge is 0.507 e. The van der Waals surface area contributed by atoms with E-state index in [9.17, 15) is 14.7 Å². The first-order valence-electron chi connectivity index (χ1n) is 6.59. The van der Waals surface area contributed by atoms with Crippen LogP contribution in [0.1, 0.15) is 17.3 Å². The van der Waals surface area contributed by atoms with Gasteiger partial charge in [0.2, 0.25) is 0 Å². The molecule has 126 valence electrons. The van der Waals surface area contributed by atoms with E-state index < -0.39 is 18.0 Å². The number of nitrogens with zero attached hydrogens (tertiary/aromatic N) is 1. The standard InChI is InChI=1S/C15H11Cl3N2O4/c1-7(14(22)20-13-11(18)5-9(17)6-19-13)24-15(23)10-4-8(16)2-3-12(10)21/h2-7,21H,1H3,(H,19,20,22)/t7-/m1/s1. The number of benzene rings is 1. The van der Waals surface area contributed by atoms with Crippen molar-refractivity contribution < 1.29 is 19.4 Å². The first-order valence-corrected chi connectivity index (χ1v) is 7.72. The van der Waals surface area contributed by atoms with Gasteiger partial charge in [-0.15, -0.1) is 0 Å². The Kier molecular flexibility index (Phi) is 5.88. The lowest BCUT2D eigenvalue weighted by Gasteiger charge is -2.14. The summed E-state index contributed by atoms with van der Waals surface area (Å²) in [6, 6.07) is 5.31. The number of hydrogen-bond donors (Lipinski definition) is 2. The van der Waals surface area contributed by atoms with Crippen LogP contribution in [0.4, 0.5) is 5.82 Å². The number of pyridine rings is 1. The highest BCUT2D eigenvalue weighted by molar-refractivity contribution is 6.36. The van der Waals surface area contributed by atoms with E-state index in [1.54, 1.807) is 0 Å². The van der Waals surface area contributed by atoms with Crippen molar-refractivity contribution in [1.29, 1.82) is 0 Å². The van der Waals surface area contributed by atoms with Gasteiger partial charge in [0.05, 0.1) is 10.0 Å². The summed E-state index contributed by atoms with van der Waals surface area (Å²) >= 11 is 17.4. The fourth-order valence-electron chi connectivity index (χ4n) is 1.67. The van der Waals surface area contributed by atoms with Gasteiger partial charge < -0.3 is 15.2 Å². The first-order chi connectivity index (χ1) is 11.3. The molecule has 1 amide bonds. The topological polar surface area (TPSA) is 88.5 Å². The van der Waals surface area contributed by atoms with Crippen molar-refractivity contribution in [2.45, 2.75) is 13.0 Å². The third-order valence-electron chi connectivity index (χ3n) is 2.88. The molecule has 9 heteroatoms. The summed E-state index contributed by atoms with van der Waals surface area (Å²) in [6.07, 6.45) is 0.147. The normalized spacial score (nSPS) is 11.7. The zero-order chi connectivity index (χ0) is 17.9. The van der Waals surface area contributed by atoms with Crippen molar-refractivity contribution in [3.8, 4) is 5.75 Å². The summed E-state index contributed by atoms with van der Waals surface area (Å²) in [5, 5.41) is 12.8. The Labute approximate surface area is 152 Å². The van der Waals surface area contributed by atoms with Crippen molar-refractivity contribution in [1.82, 2.24) is 4.98 Å². The molecule has 0 fully saturated rings. The number of rotatable bonds is 4. The van der Waals surface area contributed by atoms with Gasteiger partial charge >= 0.3 is 5.97 Å². The maximum atomic E-state index is 12.1. The SMILES string of the molecule is C[C@@H](OC(=O)c1cc(Cl)ccc1O)C(=O)Nc1ncc(Cl)cc1Cl. The number of hydrogen-bond acceptors (Lipinski definition) is 5. The number of amides is 1. The van der Waals surface area contributed by atoms with Crippen LogP contribution in [0.5, 0.6) is 5.75 Å². The summed E-state index contributed by atoms with van der Waals surface area (Å²) in [6.45, 7) is 1.36. The number of halogens is 3. The van der Waals surface area contributed by atoms with Crippen LogP contribution in [0, 0.1) is 0 Å². The summed E-state index contributed by atoms with van der Waals surface area (Å²) in [7, 11) is 0. The number of esters is 1. The number of carbonyl (C=O) groups excluding carboxylic acids is 2. The van der Waals surface area contributed by atoms with Crippen molar-refractivity contribution in [2.24, 2.45) is 0 Å². The van der Waals surface area contributed by atoms with E-state index in [0.29, 0.717) is 5.02 Å². The molecule has 0 saturated heterocycles. The number of aromatic hydroxyl groups is 1. The predicted molar refractivity (Wildman–Crippen MR) is 90.9 cm³/mol. The molecule has 2 aromatic rings. The molecule has 0 unspecified atom stereocenters. The van der Waals surface area contributed by atoms with Crippen LogP contribution in [0.3, 0.4) is 0 Å². The first kappa shape index (κ1) is 18.3. The second kappa shape index (κ2) is 7.70. The number of phenolic OH excluding ortho intramolecular Hbond substituents is 1. The van der Waals surface area contributed by atoms with Gasteiger partial charge in [-0.1, -0.05) is 34.8 Å². The van der Waals surface area contributed by atoms with Crippen LogP contribution >= 0.6 is 34.8 Å². The molecule has 0 radical (unpaired) electrons. The Morgan fingerprint density at radius 2 is 1.92 bits per heavy atom. The molecule has 2 rings (SSSR count). The number of nitrogens with one attached hydrogen (secondary N) is 1. The second-order valence-corrected chi connectivity index (χ2v) is 5.96. The lowest BCUT2D eigenvalue weighted by Crippen LogP contribution is -2.30. The molecule has 0 bridgehead atoms. The molecule has 1 aromatic heterocycles. The average Bonchev–Trinajstić information content (AvgIpc) is 2.52. The smallest absolute Gasteiger partial charge is 0.342 e. The summed E-state index contributed by atoms with van der Waals surface area (Å²) in [5.74, 6) is -1.77. The maximum Gasteiger partial charge on any atom is 0.342 e. The molecular formula is C15H11Cl3N2O4. The molecule has 1 heterocycles. The zero-order valence-corrected chi connectivity index (χ0v) is 14.5. The molecule has 24 heavy (non-hydrogen) atoms. The lowest BCUT2D eigenvalue weighted by atomic mass is 10.2. The van der Waals surface area contributed by atoms with E-state index >= 15 is 0 Å². The molecule has 2 N–H and O–H groups in total. The minimum Gasteiger partial charge on any atom is -0.507 e. The number of phenols is 1. The third kappa shape index (κ3) is 4.50. The molecular weight excluding hydrogens is 379 g/mol. The number of ether oxygens (including phenoxy) is 1. The molecule has 0 aliphatic carbocycles. The highest BCUT2D eigenvalue weighted by Gasteiger charge is 2.22. The fourth-order valence-corrected chi connectivity index (χ4v) is 2.27. The van der Waals surface area contributed by atoms with Crippen LogP contribution < -0.4 is 5.32 Å². The monoisotopic (exact) mass is 388 g/mol. The summed E-state index contributed by atoms with van der Waals surface area (Å²) in [5.41, 5.74) is -0.148. The van der Waals surface area contributed by atoms with Gasteiger partial charge in [0.15, 0.2) is 11.9 Å². The van der Waals surface area contributed by atoms with E-state index in [1.807, 2.05) is 0 Å². The van der Waals surface area contributed by atoms with E-state index in [1.165, 1.54) is 37.4 Å². The van der Waals surface area contributed by atoms with Gasteiger partial charge in [-0.3, -0.25) is 4.79 Å². The van der Waals surface area contributed by atoms with E-state index in [4.69, 9.17) is 39.5 Å². The van der Waals surface area contributed by atoms with Crippen molar-refractivity contribution in [3.63, 3.8) is 0 Å². The Bertz CT molecular complexity index is 798. The van der Waals surface area contributed by atoms with Gasteiger partial charge in [-0.2, -0.15) is 0 Å². The number of anilines is 1. The third-order valence-corrected chi connectivity index (χ3v) is 3.61. The molecule has 0 spiro atoms. The average molecular weight is 390 g/mol. The Balaban J connectivity index is 2.05. The second-order valence-electron chi connectivity index (χ2n) is 4.68. The summed E-state index contributed by atoms with van der Waals surface area (Å²) < 4.78 is 5.00. The minimum absolute atomic E-state index is 0.0829. The zero-order valence-electron chi connectivity index (χ0n) is 12.2. The number of aromatic nitrogens is 1. The van der Waals surface area contributed by atoms with Crippen LogP contribution in [-0.4, -0.2) is 28.1 Å². The van der Waals surface area contributed by atoms with Gasteiger partial charge in [-0.05, 0) is 31.2 Å². The molecule has 0 saturated carbocycles. The Morgan fingerprint density at radius 3 is 2.58 bits per heavy atom. The fraction of sp³-hybridized carbons (Fsp3) is 0.133. The van der Waals surface area contributed by atoms with Gasteiger partial charge in [0, 0.05) is 11.2 Å². The minimum atomic E-state index is -1.16. The molecule has 0 aliphatic rings. The predicted octanol–water partition coefficient (Wildman–Crippen LogP) is 3.93. The van der Waals surface area contributed by atoms with Gasteiger partial charge in [0.1, 0.15) is 11.3 Å². The lowest BCUT2D eigenvalue weighted by molar-refractivity contribution is -0.123. The summed E-state index contributed by atoms with van der Waals surface area (Å²) in [4.78, 5) is 27.9. The van der Waals surface area contributed by atoms with Gasteiger partial charge in [-0.25, -0.2) is 9.78 Å². The van der Waals surface area contributed by atoms with Crippen LogP contribution in [0.15, 0.2) is 30.5 Å². The van der Waals surface area contributed by atoms with E-state index in [0.717, 1.165) is 0 Å². The quantitative estimate of drug-likeness (QED) is 0.773. The molecule has 6 nitrogen and oxygen atoms in total.